The fourth-order valence-electron chi connectivity index (χ4n) is 2.55. The van der Waals surface area contributed by atoms with E-state index in [4.69, 9.17) is 4.52 Å². The molecule has 0 aliphatic carbocycles. The Bertz CT molecular complexity index is 810. The van der Waals surface area contributed by atoms with Gasteiger partial charge in [0.05, 0.1) is 6.10 Å². The minimum Gasteiger partial charge on any atom is -0.313 e. The van der Waals surface area contributed by atoms with Gasteiger partial charge in [0.1, 0.15) is 0 Å². The summed E-state index contributed by atoms with van der Waals surface area (Å²) < 4.78 is 22.0. The van der Waals surface area contributed by atoms with Gasteiger partial charge in [-0.05, 0) is 42.0 Å². The quantitative estimate of drug-likeness (QED) is 0.228. The summed E-state index contributed by atoms with van der Waals surface area (Å²) in [5.41, 5.74) is 1.02. The van der Waals surface area contributed by atoms with E-state index in [-0.39, 0.29) is 6.10 Å². The molecule has 5 heteroatoms. The summed E-state index contributed by atoms with van der Waals surface area (Å²) in [7, 11) is -3.19. The van der Waals surface area contributed by atoms with Crippen LogP contribution in [0.2, 0.25) is 0 Å². The highest BCUT2D eigenvalue weighted by Gasteiger charge is 2.32. The summed E-state index contributed by atoms with van der Waals surface area (Å²) in [4.78, 5) is 0. The predicted molar refractivity (Wildman–Crippen MR) is 117 cm³/mol. The largest absolute Gasteiger partial charge is 0.313 e. The Kier molecular flexibility index (Phi) is 6.50. The molecule has 3 aromatic rings. The second-order valence-corrected chi connectivity index (χ2v) is 9.67. The predicted octanol–water partition coefficient (Wildman–Crippen LogP) is 5.87. The first-order valence-corrected chi connectivity index (χ1v) is 11.8. The van der Waals surface area contributed by atoms with Gasteiger partial charge in [-0.25, -0.2) is 0 Å². The van der Waals surface area contributed by atoms with Crippen molar-refractivity contribution in [3.63, 3.8) is 0 Å². The van der Waals surface area contributed by atoms with Crippen molar-refractivity contribution < 1.29 is 9.09 Å². The van der Waals surface area contributed by atoms with Gasteiger partial charge < -0.3 is 4.52 Å². The zero-order valence-electron chi connectivity index (χ0n) is 13.4. The maximum absolute atomic E-state index is 14.0. The van der Waals surface area contributed by atoms with Crippen molar-refractivity contribution in [1.29, 1.82) is 0 Å². The molecule has 0 N–H and O–H groups in total. The van der Waals surface area contributed by atoms with Crippen molar-refractivity contribution in [2.75, 3.05) is 4.43 Å². The Balaban J connectivity index is 2.03. The van der Waals surface area contributed by atoms with Crippen molar-refractivity contribution in [2.24, 2.45) is 0 Å². The van der Waals surface area contributed by atoms with Crippen LogP contribution in [0.3, 0.4) is 0 Å². The van der Waals surface area contributed by atoms with Crippen molar-refractivity contribution in [3.8, 4) is 0 Å². The van der Waals surface area contributed by atoms with Crippen molar-refractivity contribution in [2.45, 2.75) is 6.10 Å². The Morgan fingerprint density at radius 1 is 0.840 bits per heavy atom. The Morgan fingerprint density at radius 3 is 1.76 bits per heavy atom. The van der Waals surface area contributed by atoms with Crippen LogP contribution in [0.15, 0.2) is 89.4 Å². The van der Waals surface area contributed by atoms with Crippen molar-refractivity contribution in [1.82, 2.24) is 0 Å². The second-order valence-electron chi connectivity index (χ2n) is 5.52. The van der Waals surface area contributed by atoms with Crippen LogP contribution in [0, 0.1) is 0 Å². The molecule has 0 fully saturated rings. The molecule has 0 saturated carbocycles. The smallest absolute Gasteiger partial charge is 0.261 e. The highest BCUT2D eigenvalue weighted by molar-refractivity contribution is 14.1. The van der Waals surface area contributed by atoms with E-state index in [0.29, 0.717) is 15.0 Å². The highest BCUT2D eigenvalue weighted by atomic mass is 127. The second kappa shape index (κ2) is 8.63. The van der Waals surface area contributed by atoms with Gasteiger partial charge in [-0.15, -0.1) is 0 Å². The molecule has 0 aliphatic rings. The maximum Gasteiger partial charge on any atom is 0.261 e. The molecular formula is C20H17BrIO2P. The summed E-state index contributed by atoms with van der Waals surface area (Å²) in [5.74, 6) is 0. The molecule has 0 amide bonds. The fraction of sp³-hybridized carbons (Fsp3) is 0.100. The molecule has 25 heavy (non-hydrogen) atoms. The Labute approximate surface area is 170 Å². The normalized spacial score (nSPS) is 12.7. The topological polar surface area (TPSA) is 26.3 Å². The molecule has 0 aliphatic heterocycles. The van der Waals surface area contributed by atoms with Gasteiger partial charge in [-0.3, -0.25) is 4.57 Å². The minimum absolute atomic E-state index is 0.250. The minimum atomic E-state index is -3.19. The van der Waals surface area contributed by atoms with Crippen LogP contribution >= 0.6 is 45.9 Å². The molecule has 2 nitrogen and oxygen atoms in total. The Hall–Kier alpha value is -0.940. The summed E-state index contributed by atoms with van der Waals surface area (Å²) in [6, 6.07) is 26.9. The number of alkyl halides is 1. The van der Waals surface area contributed by atoms with Gasteiger partial charge in [-0.1, -0.05) is 87.1 Å². The summed E-state index contributed by atoms with van der Waals surface area (Å²) >= 11 is 5.74. The number of rotatable bonds is 6. The SMILES string of the molecule is O=P(OC(CI)c1ccc(Br)cc1)(c1ccccc1)c1ccccc1. The first kappa shape index (κ1) is 18.8. The molecule has 3 aromatic carbocycles. The molecule has 0 heterocycles. The van der Waals surface area contributed by atoms with E-state index in [0.717, 1.165) is 10.0 Å². The highest BCUT2D eigenvalue weighted by Crippen LogP contribution is 2.49. The maximum atomic E-state index is 14.0. The fourth-order valence-corrected chi connectivity index (χ4v) is 6.02. The van der Waals surface area contributed by atoms with E-state index < -0.39 is 7.37 Å². The first-order chi connectivity index (χ1) is 12.1. The Morgan fingerprint density at radius 2 is 1.32 bits per heavy atom. The number of hydrogen-bond acceptors (Lipinski definition) is 2. The molecule has 0 spiro atoms. The molecule has 1 atom stereocenters. The van der Waals surface area contributed by atoms with E-state index in [1.807, 2.05) is 84.9 Å². The molecule has 3 rings (SSSR count). The monoisotopic (exact) mass is 526 g/mol. The molecule has 128 valence electrons. The standard InChI is InChI=1S/C20H17BrIO2P/c21-17-13-11-16(12-14-17)20(15-22)24-25(23,18-7-3-1-4-8-18)19-9-5-2-6-10-19/h1-14,20H,15H2. The van der Waals surface area contributed by atoms with Crippen LogP contribution in [0.4, 0.5) is 0 Å². The third-order valence-electron chi connectivity index (χ3n) is 3.85. The summed E-state index contributed by atoms with van der Waals surface area (Å²) in [6.45, 7) is 0. The van der Waals surface area contributed by atoms with Crippen LogP contribution in [0.5, 0.6) is 0 Å². The molecule has 0 radical (unpaired) electrons. The van der Waals surface area contributed by atoms with Gasteiger partial charge in [-0.2, -0.15) is 0 Å². The van der Waals surface area contributed by atoms with Crippen LogP contribution in [0.1, 0.15) is 11.7 Å². The molecule has 0 saturated heterocycles. The van der Waals surface area contributed by atoms with Gasteiger partial charge in [0.2, 0.25) is 0 Å². The first-order valence-electron chi connectivity index (χ1n) is 7.84. The molecule has 0 bridgehead atoms. The van der Waals surface area contributed by atoms with E-state index in [9.17, 15) is 4.57 Å². The summed E-state index contributed by atoms with van der Waals surface area (Å²) in [5, 5.41) is 1.43. The lowest BCUT2D eigenvalue weighted by atomic mass is 10.1. The number of benzene rings is 3. The van der Waals surface area contributed by atoms with Crippen LogP contribution in [-0.2, 0) is 9.09 Å². The van der Waals surface area contributed by atoms with Gasteiger partial charge >= 0.3 is 0 Å². The van der Waals surface area contributed by atoms with Crippen molar-refractivity contribution in [3.05, 3.63) is 95.0 Å². The number of halogens is 2. The zero-order valence-corrected chi connectivity index (χ0v) is 18.0. The van der Waals surface area contributed by atoms with E-state index in [1.165, 1.54) is 0 Å². The molecule has 0 aromatic heterocycles. The van der Waals surface area contributed by atoms with Crippen LogP contribution < -0.4 is 10.6 Å². The average Bonchev–Trinajstić information content (AvgIpc) is 2.68. The van der Waals surface area contributed by atoms with Gasteiger partial charge in [0.25, 0.3) is 7.37 Å². The van der Waals surface area contributed by atoms with E-state index >= 15 is 0 Å². The third-order valence-corrected chi connectivity index (χ3v) is 7.69. The number of hydrogen-bond donors (Lipinski definition) is 0. The van der Waals surface area contributed by atoms with E-state index in [1.54, 1.807) is 0 Å². The lowest BCUT2D eigenvalue weighted by Gasteiger charge is -2.25. The third kappa shape index (κ3) is 4.43. The van der Waals surface area contributed by atoms with Gasteiger partial charge in [0, 0.05) is 19.5 Å². The summed E-state index contributed by atoms with van der Waals surface area (Å²) in [6.07, 6.45) is -0.250. The van der Waals surface area contributed by atoms with Crippen LogP contribution in [0.25, 0.3) is 0 Å². The van der Waals surface area contributed by atoms with Crippen molar-refractivity contribution >= 4 is 56.5 Å². The molecular weight excluding hydrogens is 510 g/mol. The van der Waals surface area contributed by atoms with Gasteiger partial charge in [0.15, 0.2) is 0 Å². The zero-order chi connectivity index (χ0) is 17.7. The molecule has 1 unspecified atom stereocenters. The average molecular weight is 527 g/mol. The lowest BCUT2D eigenvalue weighted by molar-refractivity contribution is 0.246. The van der Waals surface area contributed by atoms with Crippen LogP contribution in [-0.4, -0.2) is 4.43 Å². The van der Waals surface area contributed by atoms with E-state index in [2.05, 4.69) is 38.5 Å². The lowest BCUT2D eigenvalue weighted by Crippen LogP contribution is -2.20.